The maximum absolute atomic E-state index is 11.5. The summed E-state index contributed by atoms with van der Waals surface area (Å²) in [4.78, 5) is -1.16. The van der Waals surface area contributed by atoms with Crippen LogP contribution in [0.3, 0.4) is 0 Å². The van der Waals surface area contributed by atoms with Gasteiger partial charge in [0.25, 0.3) is 20.2 Å². The van der Waals surface area contributed by atoms with Gasteiger partial charge in [0, 0.05) is 41.4 Å². The molecule has 0 heterocycles. The average molecular weight is 351 g/mol. The van der Waals surface area contributed by atoms with E-state index in [1.807, 2.05) is 0 Å². The molecule has 0 bridgehead atoms. The van der Waals surface area contributed by atoms with Gasteiger partial charge in [-0.05, 0) is 24.3 Å². The smallest absolute Gasteiger partial charge is 0.295 e. The fourth-order valence-corrected chi connectivity index (χ4v) is 3.43. The second-order valence-corrected chi connectivity index (χ2v) is 7.24. The molecule has 0 amide bonds. The predicted octanol–water partition coefficient (Wildman–Crippen LogP) is 0.631. The maximum atomic E-state index is 11.5. The second-order valence-electron chi connectivity index (χ2n) is 4.46. The molecule has 11 heteroatoms. The molecule has 0 aliphatic rings. The van der Waals surface area contributed by atoms with Crippen LogP contribution in [-0.4, -0.2) is 44.8 Å². The van der Waals surface area contributed by atoms with Crippen molar-refractivity contribution in [3.05, 3.63) is 36.4 Å². The third kappa shape index (κ3) is 4.26. The molecule has 0 unspecified atom stereocenters. The molecule has 0 saturated heterocycles. The van der Waals surface area contributed by atoms with Crippen LogP contribution in [0.25, 0.3) is 11.1 Å². The number of anilines is 2. The Morgan fingerprint density at radius 1 is 0.696 bits per heavy atom. The fraction of sp³-hybridized carbons (Fsp3) is 0. The van der Waals surface area contributed by atoms with E-state index in [0.29, 0.717) is 0 Å². The largest absolute Gasteiger partial charge is 0.399 e. The van der Waals surface area contributed by atoms with E-state index < -0.39 is 30.0 Å². The van der Waals surface area contributed by atoms with Gasteiger partial charge in [0.1, 0.15) is 9.79 Å². The molecule has 0 aliphatic carbocycles. The van der Waals surface area contributed by atoms with Crippen molar-refractivity contribution in [3.8, 4) is 11.1 Å². The van der Waals surface area contributed by atoms with Crippen molar-refractivity contribution in [2.75, 3.05) is 11.5 Å². The van der Waals surface area contributed by atoms with E-state index in [0.717, 1.165) is 12.1 Å². The Hall–Kier alpha value is -1.54. The van der Waals surface area contributed by atoms with E-state index in [9.17, 15) is 25.9 Å². The summed E-state index contributed by atoms with van der Waals surface area (Å²) in [5, 5.41) is 0. The predicted molar refractivity (Wildman–Crippen MR) is 86.1 cm³/mol. The van der Waals surface area contributed by atoms with Gasteiger partial charge >= 0.3 is 0 Å². The Bertz CT molecular complexity index is 878. The summed E-state index contributed by atoms with van der Waals surface area (Å²) in [6.45, 7) is 0. The summed E-state index contributed by atoms with van der Waals surface area (Å²) in [6, 6.07) is 7.06. The molecule has 2 aromatic rings. The molecule has 2 aromatic carbocycles. The van der Waals surface area contributed by atoms with Crippen LogP contribution >= 0.6 is 0 Å². The van der Waals surface area contributed by atoms with Gasteiger partial charge in [-0.1, -0.05) is 12.1 Å². The minimum Gasteiger partial charge on any atom is -0.399 e. The Morgan fingerprint density at radius 3 is 1.26 bits per heavy atom. The third-order valence-corrected chi connectivity index (χ3v) is 4.64. The van der Waals surface area contributed by atoms with Crippen LogP contribution in [0.4, 0.5) is 11.4 Å². The summed E-state index contributed by atoms with van der Waals surface area (Å²) >= 11 is 0. The molecule has 8 nitrogen and oxygen atoms in total. The second kappa shape index (κ2) is 6.52. The van der Waals surface area contributed by atoms with Gasteiger partial charge in [-0.3, -0.25) is 9.11 Å². The zero-order valence-corrected chi connectivity index (χ0v) is 13.6. The van der Waals surface area contributed by atoms with Crippen molar-refractivity contribution in [2.45, 2.75) is 9.79 Å². The summed E-state index contributed by atoms with van der Waals surface area (Å²) in [6.07, 6.45) is 0. The van der Waals surface area contributed by atoms with Gasteiger partial charge in [0.05, 0.1) is 0 Å². The normalized spacial score (nSPS) is 11.7. The average Bonchev–Trinajstić information content (AvgIpc) is 2.37. The first-order valence-electron chi connectivity index (χ1n) is 5.74. The Balaban J connectivity index is 0.00000264. The van der Waals surface area contributed by atoms with Crippen LogP contribution in [-0.2, 0) is 20.2 Å². The standard InChI is InChI=1S/C12H12N2O6S2.Li/c13-7-1-3-9(11(5-7)21(15,16)17)10-4-2-8(14)6-12(10)22(18,19)20;/h1-6H,13-14H2,(H,15,16,17)(H,18,19,20);. The van der Waals surface area contributed by atoms with Crippen molar-refractivity contribution in [3.63, 3.8) is 0 Å². The van der Waals surface area contributed by atoms with E-state index in [1.165, 1.54) is 24.3 Å². The first-order valence-corrected chi connectivity index (χ1v) is 8.62. The molecule has 0 fully saturated rings. The van der Waals surface area contributed by atoms with Crippen molar-refractivity contribution >= 4 is 50.5 Å². The number of hydrogen-bond acceptors (Lipinski definition) is 6. The number of benzene rings is 2. The van der Waals surface area contributed by atoms with E-state index >= 15 is 0 Å². The number of rotatable bonds is 3. The van der Waals surface area contributed by atoms with E-state index in [-0.39, 0.29) is 41.4 Å². The van der Waals surface area contributed by atoms with Crippen LogP contribution < -0.4 is 11.5 Å². The van der Waals surface area contributed by atoms with Gasteiger partial charge < -0.3 is 11.5 Å². The first-order chi connectivity index (χ1) is 10.00. The van der Waals surface area contributed by atoms with Crippen molar-refractivity contribution in [1.29, 1.82) is 0 Å². The Labute approximate surface area is 145 Å². The van der Waals surface area contributed by atoms with Crippen LogP contribution in [0.2, 0.25) is 0 Å². The molecule has 0 spiro atoms. The zero-order valence-electron chi connectivity index (χ0n) is 12.0. The van der Waals surface area contributed by atoms with Crippen molar-refractivity contribution < 1.29 is 25.9 Å². The summed E-state index contributed by atoms with van der Waals surface area (Å²) in [5.41, 5.74) is 10.8. The molecule has 2 rings (SSSR count). The van der Waals surface area contributed by atoms with Crippen LogP contribution in [0, 0.1) is 0 Å². The van der Waals surface area contributed by atoms with Crippen LogP contribution in [0.5, 0.6) is 0 Å². The Morgan fingerprint density at radius 2 is 1.00 bits per heavy atom. The van der Waals surface area contributed by atoms with Crippen LogP contribution in [0.1, 0.15) is 0 Å². The molecule has 6 N–H and O–H groups in total. The van der Waals surface area contributed by atoms with Gasteiger partial charge in [0.15, 0.2) is 0 Å². The number of hydrogen-bond donors (Lipinski definition) is 4. The molecule has 1 radical (unpaired) electrons. The molecule has 0 aliphatic heterocycles. The van der Waals surface area contributed by atoms with Crippen molar-refractivity contribution in [2.24, 2.45) is 0 Å². The van der Waals surface area contributed by atoms with Gasteiger partial charge in [-0.2, -0.15) is 16.8 Å². The minimum absolute atomic E-state index is 0. The summed E-state index contributed by atoms with van der Waals surface area (Å²) in [7, 11) is -9.33. The topological polar surface area (TPSA) is 161 Å². The molecule has 23 heavy (non-hydrogen) atoms. The zero-order chi connectivity index (χ0) is 16.7. The molecule has 0 aromatic heterocycles. The minimum atomic E-state index is -4.66. The summed E-state index contributed by atoms with van der Waals surface area (Å²) in [5.74, 6) is 0. The van der Waals surface area contributed by atoms with Gasteiger partial charge in [-0.25, -0.2) is 0 Å². The molecular formula is C12H12LiN2O6S2. The van der Waals surface area contributed by atoms with E-state index in [4.69, 9.17) is 11.5 Å². The summed E-state index contributed by atoms with van der Waals surface area (Å²) < 4.78 is 64.4. The quantitative estimate of drug-likeness (QED) is 0.356. The number of nitrogens with two attached hydrogens (primary N) is 2. The number of nitrogen functional groups attached to an aromatic ring is 2. The monoisotopic (exact) mass is 351 g/mol. The van der Waals surface area contributed by atoms with E-state index in [2.05, 4.69) is 0 Å². The first kappa shape index (κ1) is 19.5. The molecule has 0 atom stereocenters. The van der Waals surface area contributed by atoms with Gasteiger partial charge in [-0.15, -0.1) is 0 Å². The molecular weight excluding hydrogens is 339 g/mol. The maximum Gasteiger partial charge on any atom is 0.295 e. The van der Waals surface area contributed by atoms with Crippen LogP contribution in [0.15, 0.2) is 46.2 Å². The Kier molecular flexibility index (Phi) is 5.53. The molecule has 0 saturated carbocycles. The van der Waals surface area contributed by atoms with E-state index in [1.54, 1.807) is 0 Å². The third-order valence-electron chi connectivity index (χ3n) is 2.86. The fourth-order valence-electron chi connectivity index (χ4n) is 1.95. The molecule has 119 valence electrons. The SMILES string of the molecule is Nc1ccc(-c2ccc(N)cc2S(=O)(=O)O)c(S(=O)(=O)O)c1.[Li]. The van der Waals surface area contributed by atoms with Gasteiger partial charge in [0.2, 0.25) is 0 Å². The van der Waals surface area contributed by atoms with Crippen molar-refractivity contribution in [1.82, 2.24) is 0 Å².